The van der Waals surface area contributed by atoms with Gasteiger partial charge in [-0.2, -0.15) is 0 Å². The summed E-state index contributed by atoms with van der Waals surface area (Å²) in [5.74, 6) is 0.0110. The number of hydrogen-bond acceptors (Lipinski definition) is 4. The summed E-state index contributed by atoms with van der Waals surface area (Å²) in [6, 6.07) is 4.63. The van der Waals surface area contributed by atoms with E-state index >= 15 is 0 Å². The van der Waals surface area contributed by atoms with E-state index in [1.807, 2.05) is 0 Å². The van der Waals surface area contributed by atoms with Crippen LogP contribution >= 0.6 is 12.6 Å². The molecule has 0 fully saturated rings. The molecule has 0 saturated carbocycles. The molecular weight excluding hydrogens is 226 g/mol. The third kappa shape index (κ3) is 4.02. The standard InChI is InChI=1S/C11H15NO3S/c1-11(2,3)15-10(14)12-7-4-5-9(16)8(13)6-7/h4-6,13,16H,1-3H3,(H,12,14). The molecule has 0 heterocycles. The number of carbonyl (C=O) groups is 1. The van der Waals surface area contributed by atoms with Crippen LogP contribution in [-0.4, -0.2) is 16.8 Å². The number of thiol groups is 1. The van der Waals surface area contributed by atoms with E-state index in [0.29, 0.717) is 10.6 Å². The number of benzene rings is 1. The molecule has 4 nitrogen and oxygen atoms in total. The smallest absolute Gasteiger partial charge is 0.412 e. The summed E-state index contributed by atoms with van der Waals surface area (Å²) in [4.78, 5) is 11.8. The summed E-state index contributed by atoms with van der Waals surface area (Å²) in [5.41, 5.74) is -0.0835. The van der Waals surface area contributed by atoms with Crippen molar-refractivity contribution < 1.29 is 14.6 Å². The molecule has 0 saturated heterocycles. The molecule has 0 aliphatic carbocycles. The van der Waals surface area contributed by atoms with Gasteiger partial charge in [0, 0.05) is 16.6 Å². The summed E-state index contributed by atoms with van der Waals surface area (Å²) >= 11 is 4.01. The van der Waals surface area contributed by atoms with Crippen molar-refractivity contribution in [3.8, 4) is 5.75 Å². The van der Waals surface area contributed by atoms with Gasteiger partial charge in [-0.05, 0) is 32.9 Å². The van der Waals surface area contributed by atoms with Crippen molar-refractivity contribution in [1.82, 2.24) is 0 Å². The van der Waals surface area contributed by atoms with Crippen LogP contribution in [0.5, 0.6) is 5.75 Å². The minimum atomic E-state index is -0.557. The Bertz CT molecular complexity index is 399. The second kappa shape index (κ2) is 4.65. The van der Waals surface area contributed by atoms with E-state index in [2.05, 4.69) is 17.9 Å². The van der Waals surface area contributed by atoms with Crippen LogP contribution in [0.4, 0.5) is 10.5 Å². The van der Waals surface area contributed by atoms with E-state index in [9.17, 15) is 9.90 Å². The molecule has 0 aliphatic rings. The van der Waals surface area contributed by atoms with Crippen molar-refractivity contribution in [2.45, 2.75) is 31.3 Å². The minimum Gasteiger partial charge on any atom is -0.507 e. The average molecular weight is 241 g/mol. The van der Waals surface area contributed by atoms with Gasteiger partial charge in [-0.15, -0.1) is 12.6 Å². The van der Waals surface area contributed by atoms with Gasteiger partial charge in [-0.25, -0.2) is 4.79 Å². The maximum atomic E-state index is 11.4. The molecule has 1 aromatic carbocycles. The third-order valence-corrected chi connectivity index (χ3v) is 2.00. The fourth-order valence-electron chi connectivity index (χ4n) is 1.02. The zero-order valence-electron chi connectivity index (χ0n) is 9.44. The highest BCUT2D eigenvalue weighted by molar-refractivity contribution is 7.80. The molecule has 0 aliphatic heterocycles. The molecule has 0 spiro atoms. The molecule has 0 bridgehead atoms. The fourth-order valence-corrected chi connectivity index (χ4v) is 1.16. The van der Waals surface area contributed by atoms with Crippen molar-refractivity contribution in [2.24, 2.45) is 0 Å². The predicted octanol–water partition coefficient (Wildman–Crippen LogP) is 3.03. The van der Waals surface area contributed by atoms with Gasteiger partial charge in [0.25, 0.3) is 0 Å². The van der Waals surface area contributed by atoms with Crippen LogP contribution in [0.15, 0.2) is 23.1 Å². The van der Waals surface area contributed by atoms with Crippen molar-refractivity contribution >= 4 is 24.4 Å². The van der Waals surface area contributed by atoms with Crippen molar-refractivity contribution in [1.29, 1.82) is 0 Å². The molecule has 1 aromatic rings. The van der Waals surface area contributed by atoms with Gasteiger partial charge in [-0.3, -0.25) is 5.32 Å². The Labute approximate surface area is 100 Å². The van der Waals surface area contributed by atoms with Crippen LogP contribution in [0.1, 0.15) is 20.8 Å². The number of carbonyl (C=O) groups excluding carboxylic acids is 1. The second-order valence-electron chi connectivity index (χ2n) is 4.33. The molecule has 0 unspecified atom stereocenters. The topological polar surface area (TPSA) is 58.6 Å². The molecule has 0 aromatic heterocycles. The lowest BCUT2D eigenvalue weighted by Crippen LogP contribution is -2.27. The van der Waals surface area contributed by atoms with Gasteiger partial charge in [0.1, 0.15) is 11.4 Å². The quantitative estimate of drug-likeness (QED) is 0.662. The SMILES string of the molecule is CC(C)(C)OC(=O)Nc1ccc(S)c(O)c1. The Morgan fingerprint density at radius 2 is 2.06 bits per heavy atom. The molecule has 0 radical (unpaired) electrons. The number of phenolic OH excluding ortho intramolecular Hbond substituents is 1. The summed E-state index contributed by atoms with van der Waals surface area (Å²) in [7, 11) is 0. The van der Waals surface area contributed by atoms with E-state index in [1.165, 1.54) is 6.07 Å². The zero-order valence-corrected chi connectivity index (χ0v) is 10.3. The Morgan fingerprint density at radius 1 is 1.44 bits per heavy atom. The van der Waals surface area contributed by atoms with Gasteiger partial charge in [0.15, 0.2) is 0 Å². The maximum Gasteiger partial charge on any atom is 0.412 e. The van der Waals surface area contributed by atoms with Crippen molar-refractivity contribution in [2.75, 3.05) is 5.32 Å². The van der Waals surface area contributed by atoms with Crippen molar-refractivity contribution in [3.05, 3.63) is 18.2 Å². The van der Waals surface area contributed by atoms with E-state index in [4.69, 9.17) is 4.74 Å². The van der Waals surface area contributed by atoms with E-state index < -0.39 is 11.7 Å². The lowest BCUT2D eigenvalue weighted by Gasteiger charge is -2.19. The molecular formula is C11H15NO3S. The first kappa shape index (κ1) is 12.7. The molecule has 1 rings (SSSR count). The lowest BCUT2D eigenvalue weighted by atomic mass is 10.2. The largest absolute Gasteiger partial charge is 0.507 e. The molecule has 1 amide bonds. The van der Waals surface area contributed by atoms with Crippen LogP contribution in [0.25, 0.3) is 0 Å². The maximum absolute atomic E-state index is 11.4. The van der Waals surface area contributed by atoms with Crippen LogP contribution < -0.4 is 5.32 Å². The van der Waals surface area contributed by atoms with E-state index in [0.717, 1.165) is 0 Å². The van der Waals surface area contributed by atoms with Gasteiger partial charge in [-0.1, -0.05) is 0 Å². The highest BCUT2D eigenvalue weighted by atomic mass is 32.1. The van der Waals surface area contributed by atoms with Crippen LogP contribution in [0.2, 0.25) is 0 Å². The van der Waals surface area contributed by atoms with E-state index in [-0.39, 0.29) is 5.75 Å². The Morgan fingerprint density at radius 3 is 2.56 bits per heavy atom. The molecule has 0 atom stereocenters. The van der Waals surface area contributed by atoms with Crippen LogP contribution in [0.3, 0.4) is 0 Å². The number of nitrogens with one attached hydrogen (secondary N) is 1. The van der Waals surface area contributed by atoms with Gasteiger partial charge >= 0.3 is 6.09 Å². The molecule has 16 heavy (non-hydrogen) atoms. The van der Waals surface area contributed by atoms with Gasteiger partial charge in [0.2, 0.25) is 0 Å². The highest BCUT2D eigenvalue weighted by Crippen LogP contribution is 2.24. The number of ether oxygens (including phenoxy) is 1. The summed E-state index contributed by atoms with van der Waals surface area (Å²) in [6.07, 6.45) is -0.557. The number of phenols is 1. The highest BCUT2D eigenvalue weighted by Gasteiger charge is 2.16. The minimum absolute atomic E-state index is 0.0110. The van der Waals surface area contributed by atoms with Gasteiger partial charge in [0.05, 0.1) is 0 Å². The molecule has 5 heteroatoms. The number of anilines is 1. The zero-order chi connectivity index (χ0) is 12.3. The Balaban J connectivity index is 2.67. The Hall–Kier alpha value is -1.36. The number of aromatic hydroxyl groups is 1. The third-order valence-electron chi connectivity index (χ3n) is 1.62. The monoisotopic (exact) mass is 241 g/mol. The van der Waals surface area contributed by atoms with E-state index in [1.54, 1.807) is 32.9 Å². The lowest BCUT2D eigenvalue weighted by molar-refractivity contribution is 0.0636. The van der Waals surface area contributed by atoms with Crippen LogP contribution in [-0.2, 0) is 4.74 Å². The van der Waals surface area contributed by atoms with Gasteiger partial charge < -0.3 is 9.84 Å². The first-order valence-corrected chi connectivity index (χ1v) is 5.24. The fraction of sp³-hybridized carbons (Fsp3) is 0.364. The first-order chi connectivity index (χ1) is 7.28. The average Bonchev–Trinajstić information content (AvgIpc) is 2.08. The predicted molar refractivity (Wildman–Crippen MR) is 65.2 cm³/mol. The molecule has 2 N–H and O–H groups in total. The normalized spacial score (nSPS) is 11.0. The Kier molecular flexibility index (Phi) is 3.70. The summed E-state index contributed by atoms with van der Waals surface area (Å²) < 4.78 is 5.06. The summed E-state index contributed by atoms with van der Waals surface area (Å²) in [5, 5.41) is 11.9. The van der Waals surface area contributed by atoms with Crippen molar-refractivity contribution in [3.63, 3.8) is 0 Å². The number of hydrogen-bond donors (Lipinski definition) is 3. The number of rotatable bonds is 1. The summed E-state index contributed by atoms with van der Waals surface area (Å²) in [6.45, 7) is 5.34. The first-order valence-electron chi connectivity index (χ1n) is 4.80. The molecule has 88 valence electrons. The van der Waals surface area contributed by atoms with Crippen LogP contribution in [0, 0.1) is 0 Å². The number of amides is 1. The second-order valence-corrected chi connectivity index (χ2v) is 4.81.